The Kier molecular flexibility index (Phi) is 3.27. The Morgan fingerprint density at radius 1 is 0.833 bits per heavy atom. The molecule has 1 aliphatic carbocycles. The van der Waals surface area contributed by atoms with Crippen molar-refractivity contribution in [3.05, 3.63) is 77.4 Å². The molecule has 0 heterocycles. The van der Waals surface area contributed by atoms with Gasteiger partial charge in [0.1, 0.15) is 0 Å². The standard InChI is InChI=1S/C18H18/c1-2-7-15(8-3-1)9-6-11-17-14-13-16-10-4-5-12-18(16)17/h1-5,7-8,10,12-14,17H,6,9,11H2. The van der Waals surface area contributed by atoms with E-state index in [9.17, 15) is 0 Å². The maximum Gasteiger partial charge on any atom is 0.00273 e. The third-order valence-electron chi connectivity index (χ3n) is 3.73. The average molecular weight is 234 g/mol. The van der Waals surface area contributed by atoms with Crippen molar-refractivity contribution >= 4 is 6.08 Å². The second kappa shape index (κ2) is 5.22. The molecule has 3 rings (SSSR count). The monoisotopic (exact) mass is 234 g/mol. The van der Waals surface area contributed by atoms with Crippen LogP contribution in [0.15, 0.2) is 60.7 Å². The molecule has 90 valence electrons. The van der Waals surface area contributed by atoms with E-state index in [4.69, 9.17) is 0 Å². The molecule has 0 radical (unpaired) electrons. The highest BCUT2D eigenvalue weighted by Gasteiger charge is 2.15. The van der Waals surface area contributed by atoms with Gasteiger partial charge in [-0.05, 0) is 36.0 Å². The van der Waals surface area contributed by atoms with Gasteiger partial charge < -0.3 is 0 Å². The smallest absolute Gasteiger partial charge is 0.00273 e. The Balaban J connectivity index is 1.58. The summed E-state index contributed by atoms with van der Waals surface area (Å²) >= 11 is 0. The summed E-state index contributed by atoms with van der Waals surface area (Å²) in [6, 6.07) is 19.5. The second-order valence-corrected chi connectivity index (χ2v) is 4.97. The van der Waals surface area contributed by atoms with Gasteiger partial charge in [-0.1, -0.05) is 66.7 Å². The minimum atomic E-state index is 0.630. The van der Waals surface area contributed by atoms with E-state index in [-0.39, 0.29) is 0 Å². The highest BCUT2D eigenvalue weighted by atomic mass is 14.2. The minimum absolute atomic E-state index is 0.630. The Morgan fingerprint density at radius 3 is 2.50 bits per heavy atom. The molecule has 0 fully saturated rings. The Labute approximate surface area is 109 Å². The van der Waals surface area contributed by atoms with Gasteiger partial charge in [-0.15, -0.1) is 0 Å². The molecule has 1 unspecified atom stereocenters. The van der Waals surface area contributed by atoms with Crippen LogP contribution >= 0.6 is 0 Å². The third kappa shape index (κ3) is 2.38. The average Bonchev–Trinajstić information content (AvgIpc) is 2.84. The van der Waals surface area contributed by atoms with Crippen molar-refractivity contribution in [2.45, 2.75) is 25.2 Å². The first kappa shape index (κ1) is 11.3. The molecule has 0 bridgehead atoms. The van der Waals surface area contributed by atoms with Crippen LogP contribution < -0.4 is 0 Å². The van der Waals surface area contributed by atoms with Crippen LogP contribution in [0, 0.1) is 0 Å². The molecule has 18 heavy (non-hydrogen) atoms. The van der Waals surface area contributed by atoms with Gasteiger partial charge in [0.2, 0.25) is 0 Å². The van der Waals surface area contributed by atoms with E-state index in [0.29, 0.717) is 5.92 Å². The summed E-state index contributed by atoms with van der Waals surface area (Å²) in [6.45, 7) is 0. The van der Waals surface area contributed by atoms with Gasteiger partial charge in [0.15, 0.2) is 0 Å². The molecule has 0 aromatic heterocycles. The molecule has 1 atom stereocenters. The van der Waals surface area contributed by atoms with Crippen molar-refractivity contribution in [1.29, 1.82) is 0 Å². The van der Waals surface area contributed by atoms with E-state index in [1.807, 2.05) is 0 Å². The van der Waals surface area contributed by atoms with E-state index in [0.717, 1.165) is 0 Å². The van der Waals surface area contributed by atoms with Crippen molar-refractivity contribution in [2.24, 2.45) is 0 Å². The number of benzene rings is 2. The first-order valence-electron chi connectivity index (χ1n) is 6.74. The largest absolute Gasteiger partial charge is 0.0764 e. The van der Waals surface area contributed by atoms with Crippen molar-refractivity contribution < 1.29 is 0 Å². The van der Waals surface area contributed by atoms with Crippen LogP contribution in [0.1, 0.15) is 35.4 Å². The molecule has 0 saturated carbocycles. The highest BCUT2D eigenvalue weighted by Crippen LogP contribution is 2.33. The summed E-state index contributed by atoms with van der Waals surface area (Å²) in [6.07, 6.45) is 8.32. The SMILES string of the molecule is C1=CC(CCCc2ccccc2)c2ccccc21. The fraction of sp³-hybridized carbons (Fsp3) is 0.222. The zero-order chi connectivity index (χ0) is 12.2. The summed E-state index contributed by atoms with van der Waals surface area (Å²) in [7, 11) is 0. The van der Waals surface area contributed by atoms with E-state index in [1.54, 1.807) is 0 Å². The summed E-state index contributed by atoms with van der Waals surface area (Å²) in [5.74, 6) is 0.630. The van der Waals surface area contributed by atoms with E-state index in [2.05, 4.69) is 66.7 Å². The number of fused-ring (bicyclic) bond motifs is 1. The summed E-state index contributed by atoms with van der Waals surface area (Å²) in [5, 5.41) is 0. The lowest BCUT2D eigenvalue weighted by Gasteiger charge is -2.10. The maximum absolute atomic E-state index is 2.36. The first-order chi connectivity index (χ1) is 8.93. The summed E-state index contributed by atoms with van der Waals surface area (Å²) < 4.78 is 0. The van der Waals surface area contributed by atoms with Crippen molar-refractivity contribution in [2.75, 3.05) is 0 Å². The van der Waals surface area contributed by atoms with Crippen molar-refractivity contribution in [3.63, 3.8) is 0 Å². The Hall–Kier alpha value is -1.82. The fourth-order valence-electron chi connectivity index (χ4n) is 2.75. The van der Waals surface area contributed by atoms with Crippen LogP contribution in [0.3, 0.4) is 0 Å². The van der Waals surface area contributed by atoms with E-state index in [1.165, 1.54) is 36.0 Å². The number of rotatable bonds is 4. The van der Waals surface area contributed by atoms with Crippen LogP contribution in [-0.4, -0.2) is 0 Å². The van der Waals surface area contributed by atoms with Gasteiger partial charge in [-0.25, -0.2) is 0 Å². The Morgan fingerprint density at radius 2 is 1.61 bits per heavy atom. The third-order valence-corrected chi connectivity index (χ3v) is 3.73. The number of hydrogen-bond donors (Lipinski definition) is 0. The van der Waals surface area contributed by atoms with Crippen LogP contribution in [-0.2, 0) is 6.42 Å². The first-order valence-corrected chi connectivity index (χ1v) is 6.74. The van der Waals surface area contributed by atoms with Gasteiger partial charge in [0, 0.05) is 5.92 Å². The number of allylic oxidation sites excluding steroid dienone is 1. The van der Waals surface area contributed by atoms with Gasteiger partial charge in [-0.2, -0.15) is 0 Å². The summed E-state index contributed by atoms with van der Waals surface area (Å²) in [4.78, 5) is 0. The Bertz CT molecular complexity index is 537. The van der Waals surface area contributed by atoms with Crippen molar-refractivity contribution in [3.8, 4) is 0 Å². The number of hydrogen-bond acceptors (Lipinski definition) is 0. The van der Waals surface area contributed by atoms with Gasteiger partial charge in [0.25, 0.3) is 0 Å². The molecule has 2 aromatic carbocycles. The molecule has 2 aromatic rings. The molecular formula is C18H18. The minimum Gasteiger partial charge on any atom is -0.0764 e. The molecule has 0 heteroatoms. The topological polar surface area (TPSA) is 0 Å². The van der Waals surface area contributed by atoms with Gasteiger partial charge in [-0.3, -0.25) is 0 Å². The molecule has 0 N–H and O–H groups in total. The fourth-order valence-corrected chi connectivity index (χ4v) is 2.75. The van der Waals surface area contributed by atoms with Gasteiger partial charge in [0.05, 0.1) is 0 Å². The predicted octanol–water partition coefficient (Wildman–Crippen LogP) is 4.82. The molecule has 0 saturated heterocycles. The zero-order valence-electron chi connectivity index (χ0n) is 10.5. The molecule has 0 amide bonds. The van der Waals surface area contributed by atoms with Crippen LogP contribution in [0.2, 0.25) is 0 Å². The normalized spacial score (nSPS) is 16.8. The molecular weight excluding hydrogens is 216 g/mol. The molecule has 0 spiro atoms. The quantitative estimate of drug-likeness (QED) is 0.711. The second-order valence-electron chi connectivity index (χ2n) is 4.97. The lowest BCUT2D eigenvalue weighted by Crippen LogP contribution is -1.95. The molecule has 0 aliphatic heterocycles. The predicted molar refractivity (Wildman–Crippen MR) is 77.6 cm³/mol. The van der Waals surface area contributed by atoms with Crippen LogP contribution in [0.4, 0.5) is 0 Å². The lowest BCUT2D eigenvalue weighted by molar-refractivity contribution is 0.682. The van der Waals surface area contributed by atoms with E-state index >= 15 is 0 Å². The zero-order valence-corrected chi connectivity index (χ0v) is 10.5. The summed E-state index contributed by atoms with van der Waals surface area (Å²) in [5.41, 5.74) is 4.36. The highest BCUT2D eigenvalue weighted by molar-refractivity contribution is 5.62. The lowest BCUT2D eigenvalue weighted by atomic mass is 9.94. The van der Waals surface area contributed by atoms with E-state index < -0.39 is 0 Å². The molecule has 1 aliphatic rings. The van der Waals surface area contributed by atoms with Crippen LogP contribution in [0.25, 0.3) is 6.08 Å². The van der Waals surface area contributed by atoms with Gasteiger partial charge >= 0.3 is 0 Å². The number of aryl methyl sites for hydroxylation is 1. The van der Waals surface area contributed by atoms with Crippen molar-refractivity contribution in [1.82, 2.24) is 0 Å². The maximum atomic E-state index is 2.36. The molecule has 0 nitrogen and oxygen atoms in total. The van der Waals surface area contributed by atoms with Crippen LogP contribution in [0.5, 0.6) is 0 Å².